The second-order valence-electron chi connectivity index (χ2n) is 6.60. The summed E-state index contributed by atoms with van der Waals surface area (Å²) in [4.78, 5) is 37.6. The zero-order valence-corrected chi connectivity index (χ0v) is 16.3. The van der Waals surface area contributed by atoms with Gasteiger partial charge >= 0.3 is 0 Å². The third kappa shape index (κ3) is 4.89. The number of nitro benzene ring substituents is 1. The molecular formula is C20H21N3O4S. The van der Waals surface area contributed by atoms with E-state index in [0.29, 0.717) is 23.7 Å². The van der Waals surface area contributed by atoms with Crippen molar-refractivity contribution < 1.29 is 14.5 Å². The SMILES string of the molecule is CC(=O)NC(CSc1cccc([N+](=O)[O-])c1)C(=O)N1CCc2ccccc2C1. The second-order valence-corrected chi connectivity index (χ2v) is 7.69. The van der Waals surface area contributed by atoms with Crippen molar-refractivity contribution in [2.24, 2.45) is 0 Å². The maximum atomic E-state index is 13.0. The van der Waals surface area contributed by atoms with Crippen LogP contribution in [0.1, 0.15) is 18.1 Å². The second kappa shape index (κ2) is 8.88. The molecule has 0 fully saturated rings. The Hall–Kier alpha value is -2.87. The first-order valence-electron chi connectivity index (χ1n) is 8.94. The number of thioether (sulfide) groups is 1. The van der Waals surface area contributed by atoms with Gasteiger partial charge in [-0.2, -0.15) is 0 Å². The van der Waals surface area contributed by atoms with E-state index in [1.807, 2.05) is 18.2 Å². The van der Waals surface area contributed by atoms with Crippen molar-refractivity contribution in [3.8, 4) is 0 Å². The summed E-state index contributed by atoms with van der Waals surface area (Å²) < 4.78 is 0. The van der Waals surface area contributed by atoms with Crippen LogP contribution in [0.3, 0.4) is 0 Å². The van der Waals surface area contributed by atoms with Crippen molar-refractivity contribution in [3.05, 3.63) is 69.8 Å². The Morgan fingerprint density at radius 1 is 1.21 bits per heavy atom. The summed E-state index contributed by atoms with van der Waals surface area (Å²) >= 11 is 1.31. The Bertz CT molecular complexity index is 903. The molecule has 0 radical (unpaired) electrons. The smallest absolute Gasteiger partial charge is 0.270 e. The first-order chi connectivity index (χ1) is 13.4. The first kappa shape index (κ1) is 19.9. The molecule has 0 spiro atoms. The number of benzene rings is 2. The molecule has 2 aromatic rings. The molecule has 1 heterocycles. The van der Waals surface area contributed by atoms with E-state index >= 15 is 0 Å². The highest BCUT2D eigenvalue weighted by Gasteiger charge is 2.28. The van der Waals surface area contributed by atoms with Gasteiger partial charge in [-0.15, -0.1) is 11.8 Å². The summed E-state index contributed by atoms with van der Waals surface area (Å²) in [6.45, 7) is 2.50. The van der Waals surface area contributed by atoms with E-state index < -0.39 is 11.0 Å². The van der Waals surface area contributed by atoms with Crippen LogP contribution in [0.25, 0.3) is 0 Å². The van der Waals surface area contributed by atoms with Crippen LogP contribution in [0.4, 0.5) is 5.69 Å². The Labute approximate surface area is 167 Å². The largest absolute Gasteiger partial charge is 0.344 e. The topological polar surface area (TPSA) is 92.5 Å². The number of fused-ring (bicyclic) bond motifs is 1. The van der Waals surface area contributed by atoms with Crippen LogP contribution in [0, 0.1) is 10.1 Å². The number of hydrogen-bond donors (Lipinski definition) is 1. The number of amides is 2. The van der Waals surface area contributed by atoms with Crippen LogP contribution in [0.2, 0.25) is 0 Å². The normalized spacial score (nSPS) is 14.1. The lowest BCUT2D eigenvalue weighted by Gasteiger charge is -2.32. The van der Waals surface area contributed by atoms with Crippen molar-refractivity contribution >= 4 is 29.3 Å². The van der Waals surface area contributed by atoms with Gasteiger partial charge in [-0.25, -0.2) is 0 Å². The van der Waals surface area contributed by atoms with Gasteiger partial charge in [-0.1, -0.05) is 30.3 Å². The molecule has 1 aliphatic heterocycles. The highest BCUT2D eigenvalue weighted by molar-refractivity contribution is 7.99. The van der Waals surface area contributed by atoms with Gasteiger partial charge in [0, 0.05) is 42.8 Å². The molecule has 0 aliphatic carbocycles. The summed E-state index contributed by atoms with van der Waals surface area (Å²) in [7, 11) is 0. The number of non-ortho nitro benzene ring substituents is 1. The van der Waals surface area contributed by atoms with Crippen LogP contribution in [0.5, 0.6) is 0 Å². The minimum atomic E-state index is -0.688. The maximum Gasteiger partial charge on any atom is 0.270 e. The zero-order valence-electron chi connectivity index (χ0n) is 15.5. The van der Waals surface area contributed by atoms with E-state index in [1.54, 1.807) is 17.0 Å². The molecule has 1 unspecified atom stereocenters. The lowest BCUT2D eigenvalue weighted by Crippen LogP contribution is -2.50. The van der Waals surface area contributed by atoms with Gasteiger partial charge in [0.25, 0.3) is 5.69 Å². The average molecular weight is 399 g/mol. The van der Waals surface area contributed by atoms with Crippen molar-refractivity contribution in [3.63, 3.8) is 0 Å². The van der Waals surface area contributed by atoms with Gasteiger partial charge in [0.1, 0.15) is 6.04 Å². The van der Waals surface area contributed by atoms with Crippen LogP contribution in [-0.4, -0.2) is 40.0 Å². The fourth-order valence-corrected chi connectivity index (χ4v) is 4.15. The van der Waals surface area contributed by atoms with E-state index in [4.69, 9.17) is 0 Å². The fourth-order valence-electron chi connectivity index (χ4n) is 3.19. The molecule has 0 bridgehead atoms. The highest BCUT2D eigenvalue weighted by Crippen LogP contribution is 2.25. The quantitative estimate of drug-likeness (QED) is 0.458. The number of hydrogen-bond acceptors (Lipinski definition) is 5. The van der Waals surface area contributed by atoms with Crippen LogP contribution in [0.15, 0.2) is 53.4 Å². The lowest BCUT2D eigenvalue weighted by molar-refractivity contribution is -0.385. The third-order valence-electron chi connectivity index (χ3n) is 4.56. The van der Waals surface area contributed by atoms with Gasteiger partial charge in [-0.3, -0.25) is 19.7 Å². The Morgan fingerprint density at radius 3 is 2.68 bits per heavy atom. The van der Waals surface area contributed by atoms with Crippen molar-refractivity contribution in [1.29, 1.82) is 0 Å². The molecule has 1 N–H and O–H groups in total. The van der Waals surface area contributed by atoms with Gasteiger partial charge in [0.15, 0.2) is 0 Å². The monoisotopic (exact) mass is 399 g/mol. The molecule has 2 amide bonds. The van der Waals surface area contributed by atoms with Crippen LogP contribution >= 0.6 is 11.8 Å². The van der Waals surface area contributed by atoms with Gasteiger partial charge in [0.05, 0.1) is 4.92 Å². The minimum absolute atomic E-state index is 0.0000381. The molecule has 8 heteroatoms. The first-order valence-corrected chi connectivity index (χ1v) is 9.92. The molecule has 0 aromatic heterocycles. The van der Waals surface area contributed by atoms with Gasteiger partial charge in [-0.05, 0) is 23.6 Å². The molecule has 3 rings (SSSR count). The number of nitrogens with one attached hydrogen (secondary N) is 1. The number of carbonyl (C=O) groups excluding carboxylic acids is 2. The number of nitro groups is 1. The summed E-state index contributed by atoms with van der Waals surface area (Å²) in [6.07, 6.45) is 0.784. The summed E-state index contributed by atoms with van der Waals surface area (Å²) in [5.74, 6) is -0.115. The molecule has 0 saturated carbocycles. The van der Waals surface area contributed by atoms with E-state index in [0.717, 1.165) is 12.0 Å². The molecule has 146 valence electrons. The van der Waals surface area contributed by atoms with Crippen LogP contribution in [-0.2, 0) is 22.6 Å². The maximum absolute atomic E-state index is 13.0. The number of nitrogens with zero attached hydrogens (tertiary/aromatic N) is 2. The summed E-state index contributed by atoms with van der Waals surface area (Å²) in [5.41, 5.74) is 2.36. The third-order valence-corrected chi connectivity index (χ3v) is 5.65. The van der Waals surface area contributed by atoms with E-state index in [9.17, 15) is 19.7 Å². The summed E-state index contributed by atoms with van der Waals surface area (Å²) in [5, 5.41) is 13.7. The molecule has 1 aliphatic rings. The van der Waals surface area contributed by atoms with Gasteiger partial charge < -0.3 is 10.2 Å². The summed E-state index contributed by atoms with van der Waals surface area (Å²) in [6, 6.07) is 13.6. The lowest BCUT2D eigenvalue weighted by atomic mass is 9.99. The van der Waals surface area contributed by atoms with Gasteiger partial charge in [0.2, 0.25) is 11.8 Å². The van der Waals surface area contributed by atoms with E-state index in [-0.39, 0.29) is 17.5 Å². The fraction of sp³-hybridized carbons (Fsp3) is 0.300. The standard InChI is InChI=1S/C20H21N3O4S/c1-14(24)21-19(13-28-18-8-4-7-17(11-18)23(26)27)20(25)22-10-9-15-5-2-3-6-16(15)12-22/h2-8,11,19H,9-10,12-13H2,1H3,(H,21,24). The number of carbonyl (C=O) groups is 2. The minimum Gasteiger partial charge on any atom is -0.344 e. The van der Waals surface area contributed by atoms with E-state index in [1.165, 1.54) is 36.4 Å². The molecule has 1 atom stereocenters. The zero-order chi connectivity index (χ0) is 20.1. The molecule has 7 nitrogen and oxygen atoms in total. The molecule has 28 heavy (non-hydrogen) atoms. The predicted octanol–water partition coefficient (Wildman–Crippen LogP) is 2.78. The predicted molar refractivity (Wildman–Crippen MR) is 107 cm³/mol. The van der Waals surface area contributed by atoms with Crippen LogP contribution < -0.4 is 5.32 Å². The Morgan fingerprint density at radius 2 is 1.96 bits per heavy atom. The molecule has 0 saturated heterocycles. The molecular weight excluding hydrogens is 378 g/mol. The average Bonchev–Trinajstić information content (AvgIpc) is 2.70. The number of rotatable bonds is 6. The van der Waals surface area contributed by atoms with Crippen molar-refractivity contribution in [2.45, 2.75) is 30.8 Å². The molecule has 2 aromatic carbocycles. The Kier molecular flexibility index (Phi) is 6.30. The van der Waals surface area contributed by atoms with E-state index in [2.05, 4.69) is 11.4 Å². The highest BCUT2D eigenvalue weighted by atomic mass is 32.2. The van der Waals surface area contributed by atoms with Crippen molar-refractivity contribution in [2.75, 3.05) is 12.3 Å². The van der Waals surface area contributed by atoms with Crippen molar-refractivity contribution in [1.82, 2.24) is 10.2 Å². The Balaban J connectivity index is 1.69.